The van der Waals surface area contributed by atoms with E-state index >= 15 is 0 Å². The summed E-state index contributed by atoms with van der Waals surface area (Å²) in [6.07, 6.45) is 0.721. The van der Waals surface area contributed by atoms with E-state index in [0.717, 1.165) is 27.6 Å². The molecular formula is C17H18N6O2S. The molecule has 0 atom stereocenters. The summed E-state index contributed by atoms with van der Waals surface area (Å²) in [5.41, 5.74) is 13.3. The third-order valence-electron chi connectivity index (χ3n) is 4.13. The second-order valence-corrected chi connectivity index (χ2v) is 7.38. The molecule has 3 heterocycles. The number of primary amides is 1. The first kappa shape index (κ1) is 16.5. The van der Waals surface area contributed by atoms with E-state index in [2.05, 4.69) is 10.1 Å². The van der Waals surface area contributed by atoms with Gasteiger partial charge in [0, 0.05) is 28.5 Å². The van der Waals surface area contributed by atoms with E-state index in [1.807, 2.05) is 19.9 Å². The Morgan fingerprint density at radius 1 is 1.35 bits per heavy atom. The molecule has 0 aliphatic carbocycles. The fourth-order valence-electron chi connectivity index (χ4n) is 2.92. The first-order valence-electron chi connectivity index (χ1n) is 8.23. The fourth-order valence-corrected chi connectivity index (χ4v) is 3.96. The summed E-state index contributed by atoms with van der Waals surface area (Å²) in [6, 6.07) is 5.30. The summed E-state index contributed by atoms with van der Waals surface area (Å²) in [6.45, 7) is 4.54. The van der Waals surface area contributed by atoms with Crippen LogP contribution in [0.3, 0.4) is 0 Å². The summed E-state index contributed by atoms with van der Waals surface area (Å²) < 4.78 is 7.58. The van der Waals surface area contributed by atoms with Gasteiger partial charge in [0.1, 0.15) is 5.75 Å². The molecule has 0 saturated carbocycles. The molecule has 2 aromatic heterocycles. The van der Waals surface area contributed by atoms with E-state index < -0.39 is 5.91 Å². The first-order chi connectivity index (χ1) is 12.4. The number of nitrogens with two attached hydrogens (primary N) is 2. The summed E-state index contributed by atoms with van der Waals surface area (Å²) in [4.78, 5) is 21.7. The number of amides is 1. The van der Waals surface area contributed by atoms with Crippen molar-refractivity contribution in [1.29, 1.82) is 0 Å². The highest BCUT2D eigenvalue weighted by atomic mass is 32.1. The molecule has 0 saturated heterocycles. The molecule has 26 heavy (non-hydrogen) atoms. The molecule has 1 aliphatic heterocycles. The van der Waals surface area contributed by atoms with Crippen LogP contribution in [-0.4, -0.2) is 32.3 Å². The Labute approximate surface area is 153 Å². The fraction of sp³-hybridized carbons (Fsp3) is 0.294. The molecule has 0 unspecified atom stereocenters. The number of thiazole rings is 1. The largest absolute Gasteiger partial charge is 0.492 e. The summed E-state index contributed by atoms with van der Waals surface area (Å²) in [5, 5.41) is 5.02. The zero-order chi connectivity index (χ0) is 18.4. The summed E-state index contributed by atoms with van der Waals surface area (Å²) in [7, 11) is 0. The number of fused-ring (bicyclic) bond motifs is 3. The highest BCUT2D eigenvalue weighted by Gasteiger charge is 2.24. The maximum atomic E-state index is 11.4. The van der Waals surface area contributed by atoms with Crippen LogP contribution in [-0.2, 0) is 6.42 Å². The minimum absolute atomic E-state index is 0.118. The SMILES string of the molecule is CC(C)n1nc(N)nc1-c1nc2c(s1)CCOc1cc(C(N)=O)ccc1-2. The third kappa shape index (κ3) is 2.70. The Hall–Kier alpha value is -2.94. The van der Waals surface area contributed by atoms with E-state index in [4.69, 9.17) is 21.2 Å². The molecule has 0 spiro atoms. The Morgan fingerprint density at radius 3 is 2.88 bits per heavy atom. The van der Waals surface area contributed by atoms with Crippen LogP contribution < -0.4 is 16.2 Å². The van der Waals surface area contributed by atoms with Crippen molar-refractivity contribution in [2.75, 3.05) is 12.3 Å². The number of aromatic nitrogens is 4. The van der Waals surface area contributed by atoms with Gasteiger partial charge in [-0.05, 0) is 32.0 Å². The van der Waals surface area contributed by atoms with Crippen molar-refractivity contribution in [2.45, 2.75) is 26.3 Å². The number of hydrogen-bond acceptors (Lipinski definition) is 7. The van der Waals surface area contributed by atoms with Gasteiger partial charge in [0.2, 0.25) is 11.9 Å². The normalized spacial score (nSPS) is 13.0. The molecule has 0 fully saturated rings. The maximum absolute atomic E-state index is 11.4. The Kier molecular flexibility index (Phi) is 3.87. The minimum Gasteiger partial charge on any atom is -0.492 e. The molecule has 0 radical (unpaired) electrons. The van der Waals surface area contributed by atoms with Crippen LogP contribution in [0.2, 0.25) is 0 Å². The molecule has 3 aromatic rings. The lowest BCUT2D eigenvalue weighted by Gasteiger charge is -2.08. The number of carbonyl (C=O) groups is 1. The van der Waals surface area contributed by atoms with Crippen LogP contribution >= 0.6 is 11.3 Å². The molecular weight excluding hydrogens is 352 g/mol. The molecule has 4 rings (SSSR count). The lowest BCUT2D eigenvalue weighted by atomic mass is 10.1. The average molecular weight is 370 g/mol. The number of anilines is 1. The van der Waals surface area contributed by atoms with Crippen molar-refractivity contribution < 1.29 is 9.53 Å². The summed E-state index contributed by atoms with van der Waals surface area (Å²) in [5.74, 6) is 1.02. The van der Waals surface area contributed by atoms with Crippen molar-refractivity contribution in [1.82, 2.24) is 19.7 Å². The summed E-state index contributed by atoms with van der Waals surface area (Å²) >= 11 is 1.56. The number of carbonyl (C=O) groups excluding carboxylic acids is 1. The van der Waals surface area contributed by atoms with E-state index in [1.54, 1.807) is 28.2 Å². The van der Waals surface area contributed by atoms with Crippen LogP contribution in [0.25, 0.3) is 22.1 Å². The number of hydrogen-bond donors (Lipinski definition) is 2. The molecule has 1 aliphatic rings. The number of rotatable bonds is 3. The van der Waals surface area contributed by atoms with E-state index in [1.165, 1.54) is 0 Å². The van der Waals surface area contributed by atoms with Crippen LogP contribution in [0, 0.1) is 0 Å². The van der Waals surface area contributed by atoms with Gasteiger partial charge in [-0.2, -0.15) is 4.98 Å². The van der Waals surface area contributed by atoms with Crippen LogP contribution in [0.5, 0.6) is 5.75 Å². The monoisotopic (exact) mass is 370 g/mol. The number of ether oxygens (including phenoxy) is 1. The van der Waals surface area contributed by atoms with Crippen LogP contribution in [0.15, 0.2) is 18.2 Å². The molecule has 0 bridgehead atoms. The van der Waals surface area contributed by atoms with E-state index in [-0.39, 0.29) is 12.0 Å². The standard InChI is InChI=1S/C17H18N6O2S/c1-8(2)23-15(21-17(19)22-23)16-20-13-10-4-3-9(14(18)24)7-11(10)25-6-5-12(13)26-16/h3-4,7-8H,5-6H2,1-2H3,(H2,18,24)(H2,19,22). The Balaban J connectivity index is 1.84. The molecule has 4 N–H and O–H groups in total. The highest BCUT2D eigenvalue weighted by Crippen LogP contribution is 2.40. The molecule has 8 nitrogen and oxygen atoms in total. The van der Waals surface area contributed by atoms with Crippen molar-refractivity contribution in [3.8, 4) is 27.8 Å². The first-order valence-corrected chi connectivity index (χ1v) is 9.05. The van der Waals surface area contributed by atoms with E-state index in [0.29, 0.717) is 23.7 Å². The van der Waals surface area contributed by atoms with Gasteiger partial charge in [0.25, 0.3) is 0 Å². The molecule has 1 amide bonds. The van der Waals surface area contributed by atoms with Crippen LogP contribution in [0.1, 0.15) is 35.1 Å². The van der Waals surface area contributed by atoms with Gasteiger partial charge in [-0.15, -0.1) is 16.4 Å². The van der Waals surface area contributed by atoms with Crippen molar-refractivity contribution in [3.63, 3.8) is 0 Å². The number of nitrogen functional groups attached to an aromatic ring is 1. The van der Waals surface area contributed by atoms with Crippen LogP contribution in [0.4, 0.5) is 5.95 Å². The molecule has 1 aromatic carbocycles. The Morgan fingerprint density at radius 2 is 2.15 bits per heavy atom. The van der Waals surface area contributed by atoms with Gasteiger partial charge in [-0.1, -0.05) is 0 Å². The zero-order valence-corrected chi connectivity index (χ0v) is 15.2. The third-order valence-corrected chi connectivity index (χ3v) is 5.24. The quantitative estimate of drug-likeness (QED) is 0.729. The van der Waals surface area contributed by atoms with Gasteiger partial charge < -0.3 is 16.2 Å². The average Bonchev–Trinajstić information content (AvgIpc) is 3.14. The lowest BCUT2D eigenvalue weighted by Crippen LogP contribution is -2.11. The second kappa shape index (κ2) is 6.10. The van der Waals surface area contributed by atoms with Crippen molar-refractivity contribution >= 4 is 23.2 Å². The second-order valence-electron chi connectivity index (χ2n) is 6.30. The minimum atomic E-state index is -0.486. The van der Waals surface area contributed by atoms with Gasteiger partial charge in [0.05, 0.1) is 12.3 Å². The predicted octanol–water partition coefficient (Wildman–Crippen LogP) is 2.27. The topological polar surface area (TPSA) is 122 Å². The maximum Gasteiger partial charge on any atom is 0.248 e. The van der Waals surface area contributed by atoms with E-state index in [9.17, 15) is 4.79 Å². The Bertz CT molecular complexity index is 1010. The number of nitrogens with zero attached hydrogens (tertiary/aromatic N) is 4. The number of benzene rings is 1. The zero-order valence-electron chi connectivity index (χ0n) is 14.4. The molecule has 134 valence electrons. The predicted molar refractivity (Wildman–Crippen MR) is 99.1 cm³/mol. The van der Waals surface area contributed by atoms with Gasteiger partial charge in [-0.3, -0.25) is 4.79 Å². The van der Waals surface area contributed by atoms with Crippen molar-refractivity contribution in [3.05, 3.63) is 28.6 Å². The van der Waals surface area contributed by atoms with Gasteiger partial charge in [0.15, 0.2) is 10.8 Å². The smallest absolute Gasteiger partial charge is 0.248 e. The molecule has 9 heteroatoms. The van der Waals surface area contributed by atoms with Crippen molar-refractivity contribution in [2.24, 2.45) is 5.73 Å². The lowest BCUT2D eigenvalue weighted by molar-refractivity contribution is 0.1000. The highest BCUT2D eigenvalue weighted by molar-refractivity contribution is 7.15. The van der Waals surface area contributed by atoms with Gasteiger partial charge >= 0.3 is 0 Å². The van der Waals surface area contributed by atoms with Gasteiger partial charge in [-0.25, -0.2) is 9.67 Å².